The zero-order valence-corrected chi connectivity index (χ0v) is 19.8. The van der Waals surface area contributed by atoms with Crippen molar-refractivity contribution >= 4 is 26.0 Å². The molecule has 0 spiro atoms. The molecular formula is C21H28N2O7S2. The van der Waals surface area contributed by atoms with Crippen LogP contribution in [0.5, 0.6) is 5.75 Å². The molecule has 2 aromatic rings. The third kappa shape index (κ3) is 7.30. The summed E-state index contributed by atoms with van der Waals surface area (Å²) in [6, 6.07) is 11.1. The molecule has 0 saturated heterocycles. The van der Waals surface area contributed by atoms with Crippen molar-refractivity contribution in [2.24, 2.45) is 0 Å². The Morgan fingerprint density at radius 1 is 0.875 bits per heavy atom. The molecule has 0 aromatic heterocycles. The van der Waals surface area contributed by atoms with Gasteiger partial charge in [0, 0.05) is 6.54 Å². The number of sulfonamides is 2. The number of benzene rings is 2. The van der Waals surface area contributed by atoms with Gasteiger partial charge in [-0.2, -0.15) is 4.72 Å². The highest BCUT2D eigenvalue weighted by Gasteiger charge is 2.26. The van der Waals surface area contributed by atoms with Crippen molar-refractivity contribution in [1.29, 1.82) is 0 Å². The third-order valence-corrected chi connectivity index (χ3v) is 7.66. The van der Waals surface area contributed by atoms with E-state index in [4.69, 9.17) is 9.47 Å². The lowest BCUT2D eigenvalue weighted by Gasteiger charge is -2.17. The summed E-state index contributed by atoms with van der Waals surface area (Å²) in [5.74, 6) is -0.162. The van der Waals surface area contributed by atoms with Gasteiger partial charge in [-0.15, -0.1) is 0 Å². The lowest BCUT2D eigenvalue weighted by molar-refractivity contribution is -0.142. The molecule has 9 nitrogen and oxygen atoms in total. The maximum Gasteiger partial charge on any atom is 0.323 e. The first-order valence-corrected chi connectivity index (χ1v) is 12.9. The number of hydrogen-bond acceptors (Lipinski definition) is 7. The quantitative estimate of drug-likeness (QED) is 0.348. The van der Waals surface area contributed by atoms with Gasteiger partial charge in [0.25, 0.3) is 0 Å². The van der Waals surface area contributed by atoms with Crippen molar-refractivity contribution in [1.82, 2.24) is 9.44 Å². The fourth-order valence-corrected chi connectivity index (χ4v) is 5.15. The van der Waals surface area contributed by atoms with Gasteiger partial charge in [0.05, 0.1) is 24.0 Å². The van der Waals surface area contributed by atoms with Gasteiger partial charge in [-0.25, -0.2) is 21.6 Å². The Kier molecular flexibility index (Phi) is 9.20. The average molecular weight is 485 g/mol. The molecule has 1 unspecified atom stereocenters. The standard InChI is InChI=1S/C21H28N2O7S2/c1-16-7-11-19(12-8-16)32(27,28)23-20(21(24)30-3)6-4-5-15-22-31(25,26)18-13-9-17(29-2)10-14-18/h7-14,20,22-23H,4-6,15H2,1-3H3. The van der Waals surface area contributed by atoms with Crippen LogP contribution in [-0.2, 0) is 29.6 Å². The van der Waals surface area contributed by atoms with Crippen LogP contribution in [0, 0.1) is 6.92 Å². The first-order chi connectivity index (χ1) is 15.1. The molecule has 2 rings (SSSR count). The van der Waals surface area contributed by atoms with E-state index in [9.17, 15) is 21.6 Å². The average Bonchev–Trinajstić information content (AvgIpc) is 2.77. The van der Waals surface area contributed by atoms with Crippen LogP contribution in [0.1, 0.15) is 24.8 Å². The van der Waals surface area contributed by atoms with Crippen molar-refractivity contribution in [2.75, 3.05) is 20.8 Å². The summed E-state index contributed by atoms with van der Waals surface area (Å²) in [6.07, 6.45) is 0.943. The predicted octanol–water partition coefficient (Wildman–Crippen LogP) is 1.97. The van der Waals surface area contributed by atoms with E-state index in [1.54, 1.807) is 24.3 Å². The van der Waals surface area contributed by atoms with Crippen LogP contribution < -0.4 is 14.2 Å². The second kappa shape index (κ2) is 11.4. The molecule has 0 aliphatic carbocycles. The molecule has 32 heavy (non-hydrogen) atoms. The number of nitrogens with one attached hydrogen (secondary N) is 2. The van der Waals surface area contributed by atoms with Crippen molar-refractivity contribution in [3.05, 3.63) is 54.1 Å². The van der Waals surface area contributed by atoms with Gasteiger partial charge >= 0.3 is 5.97 Å². The van der Waals surface area contributed by atoms with E-state index in [-0.39, 0.29) is 22.8 Å². The maximum atomic E-state index is 12.6. The minimum Gasteiger partial charge on any atom is -0.497 e. The molecule has 2 N–H and O–H groups in total. The Hall–Kier alpha value is -2.47. The second-order valence-corrected chi connectivity index (χ2v) is 10.6. The lowest BCUT2D eigenvalue weighted by Crippen LogP contribution is -2.41. The van der Waals surface area contributed by atoms with Crippen molar-refractivity contribution < 1.29 is 31.1 Å². The Bertz CT molecular complexity index is 1100. The molecule has 0 bridgehead atoms. The zero-order valence-electron chi connectivity index (χ0n) is 18.2. The van der Waals surface area contributed by atoms with Crippen LogP contribution in [0.4, 0.5) is 0 Å². The van der Waals surface area contributed by atoms with Gasteiger partial charge < -0.3 is 9.47 Å². The van der Waals surface area contributed by atoms with Gasteiger partial charge in [0.15, 0.2) is 0 Å². The molecule has 11 heteroatoms. The number of hydrogen-bond donors (Lipinski definition) is 2. The number of carbonyl (C=O) groups excluding carboxylic acids is 1. The Morgan fingerprint density at radius 3 is 2.00 bits per heavy atom. The highest BCUT2D eigenvalue weighted by Crippen LogP contribution is 2.16. The number of ether oxygens (including phenoxy) is 2. The number of unbranched alkanes of at least 4 members (excludes halogenated alkanes) is 1. The SMILES string of the molecule is COC(=O)C(CCCCNS(=O)(=O)c1ccc(OC)cc1)NS(=O)(=O)c1ccc(C)cc1. The molecule has 0 radical (unpaired) electrons. The van der Waals surface area contributed by atoms with Crippen LogP contribution in [0.3, 0.4) is 0 Å². The Morgan fingerprint density at radius 2 is 1.44 bits per heavy atom. The van der Waals surface area contributed by atoms with Gasteiger partial charge in [-0.3, -0.25) is 4.79 Å². The second-order valence-electron chi connectivity index (χ2n) is 7.08. The summed E-state index contributed by atoms with van der Waals surface area (Å²) >= 11 is 0. The van der Waals surface area contributed by atoms with Crippen LogP contribution >= 0.6 is 0 Å². The summed E-state index contributed by atoms with van der Waals surface area (Å²) < 4.78 is 64.4. The molecule has 0 aliphatic heterocycles. The maximum absolute atomic E-state index is 12.6. The van der Waals surface area contributed by atoms with Gasteiger partial charge in [-0.1, -0.05) is 17.7 Å². The summed E-state index contributed by atoms with van der Waals surface area (Å²) in [5.41, 5.74) is 0.908. The molecule has 0 heterocycles. The van der Waals surface area contributed by atoms with E-state index >= 15 is 0 Å². The highest BCUT2D eigenvalue weighted by molar-refractivity contribution is 7.89. The number of methoxy groups -OCH3 is 2. The van der Waals surface area contributed by atoms with Crippen molar-refractivity contribution in [2.45, 2.75) is 42.0 Å². The fourth-order valence-electron chi connectivity index (χ4n) is 2.86. The van der Waals surface area contributed by atoms with Gasteiger partial charge in [0.1, 0.15) is 11.8 Å². The molecule has 176 valence electrons. The molecular weight excluding hydrogens is 456 g/mol. The van der Waals surface area contributed by atoms with Gasteiger partial charge in [0.2, 0.25) is 20.0 Å². The minimum atomic E-state index is -3.91. The molecule has 0 aliphatic rings. The van der Waals surface area contributed by atoms with Crippen molar-refractivity contribution in [3.8, 4) is 5.75 Å². The minimum absolute atomic E-state index is 0.0456. The summed E-state index contributed by atoms with van der Waals surface area (Å²) in [5, 5.41) is 0. The Labute approximate surface area is 189 Å². The van der Waals surface area contributed by atoms with E-state index < -0.39 is 32.1 Å². The first-order valence-electron chi connectivity index (χ1n) is 9.89. The summed E-state index contributed by atoms with van der Waals surface area (Å²) in [4.78, 5) is 12.2. The molecule has 1 atom stereocenters. The van der Waals surface area contributed by atoms with Gasteiger partial charge in [-0.05, 0) is 62.6 Å². The van der Waals surface area contributed by atoms with Crippen LogP contribution in [-0.4, -0.2) is 49.6 Å². The largest absolute Gasteiger partial charge is 0.497 e. The molecule has 0 saturated carbocycles. The molecule has 0 fully saturated rings. The summed E-state index contributed by atoms with van der Waals surface area (Å²) in [6.45, 7) is 1.97. The van der Waals surface area contributed by atoms with E-state index in [0.717, 1.165) is 5.56 Å². The normalized spacial score (nSPS) is 12.8. The third-order valence-electron chi connectivity index (χ3n) is 4.70. The smallest absolute Gasteiger partial charge is 0.323 e. The van der Waals surface area contributed by atoms with Crippen molar-refractivity contribution in [3.63, 3.8) is 0 Å². The number of aryl methyl sites for hydroxylation is 1. The Balaban J connectivity index is 1.91. The lowest BCUT2D eigenvalue weighted by atomic mass is 10.1. The number of rotatable bonds is 12. The monoisotopic (exact) mass is 484 g/mol. The van der Waals surface area contributed by atoms with E-state index in [1.165, 1.54) is 38.5 Å². The topological polar surface area (TPSA) is 128 Å². The number of carbonyl (C=O) groups is 1. The van der Waals surface area contributed by atoms with E-state index in [0.29, 0.717) is 18.6 Å². The van der Waals surface area contributed by atoms with E-state index in [2.05, 4.69) is 9.44 Å². The van der Waals surface area contributed by atoms with Crippen LogP contribution in [0.2, 0.25) is 0 Å². The van der Waals surface area contributed by atoms with Crippen LogP contribution in [0.25, 0.3) is 0 Å². The van der Waals surface area contributed by atoms with Crippen LogP contribution in [0.15, 0.2) is 58.3 Å². The summed E-state index contributed by atoms with van der Waals surface area (Å²) in [7, 11) is -4.93. The molecule has 0 amide bonds. The molecule has 2 aromatic carbocycles. The highest BCUT2D eigenvalue weighted by atomic mass is 32.2. The van der Waals surface area contributed by atoms with E-state index in [1.807, 2.05) is 6.92 Å². The first kappa shape index (κ1) is 25.8. The zero-order chi connectivity index (χ0) is 23.8. The number of esters is 1. The fraction of sp³-hybridized carbons (Fsp3) is 0.381. The predicted molar refractivity (Wildman–Crippen MR) is 119 cm³/mol.